The molecular weight excluding hydrogens is 276 g/mol. The minimum absolute atomic E-state index is 0.108. The highest BCUT2D eigenvalue weighted by molar-refractivity contribution is 7.98. The molecule has 0 heterocycles. The first kappa shape index (κ1) is 14.0. The van der Waals surface area contributed by atoms with Gasteiger partial charge >= 0.3 is 0 Å². The Hall–Kier alpha value is -1.45. The fraction of sp³-hybridized carbons (Fsp3) is 0.133. The second kappa shape index (κ2) is 6.13. The summed E-state index contributed by atoms with van der Waals surface area (Å²) in [6.45, 7) is 2.04. The summed E-state index contributed by atoms with van der Waals surface area (Å²) in [6.07, 6.45) is 0. The summed E-state index contributed by atoms with van der Waals surface area (Å²) in [5.74, 6) is 0.988. The molecule has 3 N–H and O–H groups in total. The summed E-state index contributed by atoms with van der Waals surface area (Å²) in [5, 5.41) is 8.18. The normalized spacial score (nSPS) is 10.4. The summed E-state index contributed by atoms with van der Waals surface area (Å²) in [4.78, 5) is 1.16. The van der Waals surface area contributed by atoms with Crippen molar-refractivity contribution in [2.45, 2.75) is 17.6 Å². The number of halogens is 1. The fourth-order valence-electron chi connectivity index (χ4n) is 1.74. The van der Waals surface area contributed by atoms with E-state index in [2.05, 4.69) is 6.07 Å². The summed E-state index contributed by atoms with van der Waals surface area (Å²) >= 11 is 7.71. The largest absolute Gasteiger partial charge is 0.384 e. The molecule has 0 aliphatic carbocycles. The maximum Gasteiger partial charge on any atom is 0.122 e. The van der Waals surface area contributed by atoms with Crippen LogP contribution in [0.25, 0.3) is 0 Å². The standard InChI is InChI=1S/C15H15ClN2S/c1-10-7-11(15(17)18)5-6-12(10)9-19-14-4-2-3-13(16)8-14/h2-8H,9H2,1H3,(H3,17,18). The first-order chi connectivity index (χ1) is 9.06. The second-order valence-corrected chi connectivity index (χ2v) is 5.79. The van der Waals surface area contributed by atoms with Crippen molar-refractivity contribution in [1.82, 2.24) is 0 Å². The lowest BCUT2D eigenvalue weighted by Gasteiger charge is -2.08. The highest BCUT2D eigenvalue weighted by Crippen LogP contribution is 2.26. The number of nitrogen functional groups attached to an aromatic ring is 1. The van der Waals surface area contributed by atoms with Gasteiger partial charge in [-0.15, -0.1) is 11.8 Å². The summed E-state index contributed by atoms with van der Waals surface area (Å²) in [5.41, 5.74) is 8.65. The van der Waals surface area contributed by atoms with Crippen molar-refractivity contribution < 1.29 is 0 Å². The maximum absolute atomic E-state index is 7.42. The summed E-state index contributed by atoms with van der Waals surface area (Å²) in [7, 11) is 0. The number of benzene rings is 2. The van der Waals surface area contributed by atoms with Crippen molar-refractivity contribution in [3.8, 4) is 0 Å². The van der Waals surface area contributed by atoms with Crippen molar-refractivity contribution in [2.24, 2.45) is 5.73 Å². The predicted molar refractivity (Wildman–Crippen MR) is 83.2 cm³/mol. The predicted octanol–water partition coefficient (Wildman–Crippen LogP) is 4.22. The minimum atomic E-state index is 0.108. The molecule has 0 amide bonds. The van der Waals surface area contributed by atoms with Gasteiger partial charge in [0.25, 0.3) is 0 Å². The van der Waals surface area contributed by atoms with E-state index in [1.807, 2.05) is 43.3 Å². The van der Waals surface area contributed by atoms with E-state index in [0.29, 0.717) is 0 Å². The van der Waals surface area contributed by atoms with Crippen LogP contribution >= 0.6 is 23.4 Å². The van der Waals surface area contributed by atoms with E-state index in [1.165, 1.54) is 5.56 Å². The van der Waals surface area contributed by atoms with E-state index in [0.717, 1.165) is 26.8 Å². The lowest BCUT2D eigenvalue weighted by molar-refractivity contribution is 1.28. The van der Waals surface area contributed by atoms with Crippen molar-refractivity contribution in [3.05, 3.63) is 64.2 Å². The lowest BCUT2D eigenvalue weighted by Crippen LogP contribution is -2.11. The second-order valence-electron chi connectivity index (χ2n) is 4.30. The van der Waals surface area contributed by atoms with Crippen LogP contribution in [-0.2, 0) is 5.75 Å². The van der Waals surface area contributed by atoms with Crippen LogP contribution in [0.15, 0.2) is 47.4 Å². The molecule has 0 saturated heterocycles. The van der Waals surface area contributed by atoms with Gasteiger partial charge in [-0.1, -0.05) is 29.8 Å². The van der Waals surface area contributed by atoms with Crippen LogP contribution in [-0.4, -0.2) is 5.84 Å². The number of aryl methyl sites for hydroxylation is 1. The van der Waals surface area contributed by atoms with Crippen molar-refractivity contribution in [1.29, 1.82) is 5.41 Å². The van der Waals surface area contributed by atoms with Gasteiger partial charge in [-0.25, -0.2) is 0 Å². The van der Waals surface area contributed by atoms with Gasteiger partial charge in [0, 0.05) is 21.2 Å². The molecular formula is C15H15ClN2S. The van der Waals surface area contributed by atoms with Gasteiger partial charge < -0.3 is 5.73 Å². The third-order valence-electron chi connectivity index (χ3n) is 2.84. The Morgan fingerprint density at radius 1 is 1.26 bits per heavy atom. The zero-order valence-corrected chi connectivity index (χ0v) is 12.2. The average molecular weight is 291 g/mol. The molecule has 0 atom stereocenters. The molecule has 0 fully saturated rings. The third kappa shape index (κ3) is 3.75. The molecule has 0 aliphatic heterocycles. The van der Waals surface area contributed by atoms with Gasteiger partial charge in [0.05, 0.1) is 0 Å². The molecule has 2 aromatic carbocycles. The molecule has 0 unspecified atom stereocenters. The summed E-state index contributed by atoms with van der Waals surface area (Å²) < 4.78 is 0. The van der Waals surface area contributed by atoms with Gasteiger partial charge in [0.2, 0.25) is 0 Å². The van der Waals surface area contributed by atoms with Crippen LogP contribution in [0.3, 0.4) is 0 Å². The van der Waals surface area contributed by atoms with E-state index in [1.54, 1.807) is 11.8 Å². The first-order valence-electron chi connectivity index (χ1n) is 5.88. The van der Waals surface area contributed by atoms with Crippen molar-refractivity contribution in [3.63, 3.8) is 0 Å². The quantitative estimate of drug-likeness (QED) is 0.503. The van der Waals surface area contributed by atoms with Gasteiger partial charge in [-0.05, 0) is 42.3 Å². The molecule has 2 aromatic rings. The number of thioether (sulfide) groups is 1. The maximum atomic E-state index is 7.42. The number of amidine groups is 1. The van der Waals surface area contributed by atoms with E-state index in [4.69, 9.17) is 22.7 Å². The van der Waals surface area contributed by atoms with Gasteiger partial charge in [-0.3, -0.25) is 5.41 Å². The van der Waals surface area contributed by atoms with Gasteiger partial charge in [0.1, 0.15) is 5.84 Å². The third-order valence-corrected chi connectivity index (χ3v) is 4.12. The Kier molecular flexibility index (Phi) is 4.51. The molecule has 19 heavy (non-hydrogen) atoms. The van der Waals surface area contributed by atoms with Crippen LogP contribution in [0.2, 0.25) is 5.02 Å². The minimum Gasteiger partial charge on any atom is -0.384 e. The number of hydrogen-bond donors (Lipinski definition) is 2. The zero-order valence-electron chi connectivity index (χ0n) is 10.6. The monoisotopic (exact) mass is 290 g/mol. The molecule has 0 aliphatic rings. The Balaban J connectivity index is 2.10. The number of nitrogens with one attached hydrogen (secondary N) is 1. The Bertz CT molecular complexity index is 611. The topological polar surface area (TPSA) is 49.9 Å². The molecule has 98 valence electrons. The first-order valence-corrected chi connectivity index (χ1v) is 7.25. The Morgan fingerprint density at radius 3 is 2.68 bits per heavy atom. The van der Waals surface area contributed by atoms with Crippen LogP contribution in [0.1, 0.15) is 16.7 Å². The van der Waals surface area contributed by atoms with E-state index < -0.39 is 0 Å². The Labute approximate surface area is 122 Å². The molecule has 2 nitrogen and oxygen atoms in total. The fourth-order valence-corrected chi connectivity index (χ4v) is 3.03. The SMILES string of the molecule is Cc1cc(C(=N)N)ccc1CSc1cccc(Cl)c1. The molecule has 0 saturated carbocycles. The van der Waals surface area contributed by atoms with Crippen LogP contribution in [0.5, 0.6) is 0 Å². The number of rotatable bonds is 4. The number of hydrogen-bond acceptors (Lipinski definition) is 2. The molecule has 2 rings (SSSR count). The smallest absolute Gasteiger partial charge is 0.122 e. The Morgan fingerprint density at radius 2 is 2.05 bits per heavy atom. The molecule has 0 radical (unpaired) electrons. The molecule has 0 aromatic heterocycles. The van der Waals surface area contributed by atoms with Crippen LogP contribution in [0.4, 0.5) is 0 Å². The van der Waals surface area contributed by atoms with E-state index >= 15 is 0 Å². The number of nitrogens with two attached hydrogens (primary N) is 1. The van der Waals surface area contributed by atoms with Gasteiger partial charge in [-0.2, -0.15) is 0 Å². The lowest BCUT2D eigenvalue weighted by atomic mass is 10.1. The van der Waals surface area contributed by atoms with E-state index in [-0.39, 0.29) is 5.84 Å². The van der Waals surface area contributed by atoms with Crippen LogP contribution in [0, 0.1) is 12.3 Å². The molecule has 0 spiro atoms. The van der Waals surface area contributed by atoms with Gasteiger partial charge in [0.15, 0.2) is 0 Å². The molecule has 0 bridgehead atoms. The van der Waals surface area contributed by atoms with E-state index in [9.17, 15) is 0 Å². The molecule has 4 heteroatoms. The highest BCUT2D eigenvalue weighted by Gasteiger charge is 2.03. The summed E-state index contributed by atoms with van der Waals surface area (Å²) in [6, 6.07) is 13.7. The van der Waals surface area contributed by atoms with Crippen molar-refractivity contribution in [2.75, 3.05) is 0 Å². The zero-order chi connectivity index (χ0) is 13.8. The van der Waals surface area contributed by atoms with Crippen molar-refractivity contribution >= 4 is 29.2 Å². The van der Waals surface area contributed by atoms with Crippen LogP contribution < -0.4 is 5.73 Å². The average Bonchev–Trinajstić information content (AvgIpc) is 2.37. The highest BCUT2D eigenvalue weighted by atomic mass is 35.5.